The van der Waals surface area contributed by atoms with Gasteiger partial charge in [0.1, 0.15) is 10.7 Å². The van der Waals surface area contributed by atoms with Crippen molar-refractivity contribution in [2.24, 2.45) is 0 Å². The van der Waals surface area contributed by atoms with Crippen molar-refractivity contribution < 1.29 is 19.1 Å². The number of nitrogens with zero attached hydrogens (tertiary/aromatic N) is 2. The summed E-state index contributed by atoms with van der Waals surface area (Å²) in [7, 11) is 0. The highest BCUT2D eigenvalue weighted by Gasteiger charge is 2.20. The van der Waals surface area contributed by atoms with Gasteiger partial charge in [0.25, 0.3) is 5.91 Å². The predicted molar refractivity (Wildman–Crippen MR) is 102 cm³/mol. The molecule has 0 bridgehead atoms. The van der Waals surface area contributed by atoms with E-state index in [1.165, 1.54) is 6.20 Å². The number of pyridine rings is 1. The SMILES string of the molecule is CCOC(=O)c1c(Nc2ccc(C(=O)N3CCOCC3)cc2)ccnc1Cl. The van der Waals surface area contributed by atoms with Crippen molar-refractivity contribution in [3.8, 4) is 0 Å². The van der Waals surface area contributed by atoms with Crippen molar-refractivity contribution in [3.63, 3.8) is 0 Å². The number of hydrogen-bond donors (Lipinski definition) is 1. The van der Waals surface area contributed by atoms with E-state index in [4.69, 9.17) is 21.1 Å². The number of anilines is 2. The van der Waals surface area contributed by atoms with Gasteiger partial charge in [-0.3, -0.25) is 4.79 Å². The molecule has 1 aliphatic rings. The zero-order valence-electron chi connectivity index (χ0n) is 14.9. The number of hydrogen-bond acceptors (Lipinski definition) is 6. The third-order valence-corrected chi connectivity index (χ3v) is 4.38. The molecular weight excluding hydrogens is 370 g/mol. The molecule has 0 atom stereocenters. The van der Waals surface area contributed by atoms with Gasteiger partial charge >= 0.3 is 5.97 Å². The van der Waals surface area contributed by atoms with E-state index in [0.717, 1.165) is 0 Å². The summed E-state index contributed by atoms with van der Waals surface area (Å²) in [6.07, 6.45) is 1.50. The number of ether oxygens (including phenoxy) is 2. The Morgan fingerprint density at radius 2 is 1.93 bits per heavy atom. The van der Waals surface area contributed by atoms with E-state index in [0.29, 0.717) is 43.2 Å². The topological polar surface area (TPSA) is 80.8 Å². The number of aromatic nitrogens is 1. The Bertz CT molecular complexity index is 820. The lowest BCUT2D eigenvalue weighted by Gasteiger charge is -2.26. The molecule has 0 aliphatic carbocycles. The Hall–Kier alpha value is -2.64. The molecule has 1 N–H and O–H groups in total. The molecule has 1 aromatic heterocycles. The molecule has 1 amide bonds. The Morgan fingerprint density at radius 1 is 1.22 bits per heavy atom. The first kappa shape index (κ1) is 19.1. The van der Waals surface area contributed by atoms with Gasteiger partial charge in [0.15, 0.2) is 0 Å². The fraction of sp³-hybridized carbons (Fsp3) is 0.316. The van der Waals surface area contributed by atoms with Crippen LogP contribution in [-0.2, 0) is 9.47 Å². The lowest BCUT2D eigenvalue weighted by molar-refractivity contribution is 0.0303. The number of amides is 1. The maximum atomic E-state index is 12.5. The minimum Gasteiger partial charge on any atom is -0.462 e. The lowest BCUT2D eigenvalue weighted by Crippen LogP contribution is -2.40. The molecule has 0 unspecified atom stereocenters. The van der Waals surface area contributed by atoms with Crippen LogP contribution in [0.25, 0.3) is 0 Å². The first-order valence-electron chi connectivity index (χ1n) is 8.66. The Balaban J connectivity index is 1.76. The van der Waals surface area contributed by atoms with E-state index in [-0.39, 0.29) is 23.2 Å². The Labute approximate surface area is 162 Å². The van der Waals surface area contributed by atoms with Gasteiger partial charge in [-0.2, -0.15) is 0 Å². The number of halogens is 1. The molecule has 3 rings (SSSR count). The van der Waals surface area contributed by atoms with Crippen molar-refractivity contribution in [3.05, 3.63) is 52.8 Å². The normalized spacial score (nSPS) is 13.9. The maximum absolute atomic E-state index is 12.5. The number of rotatable bonds is 5. The molecule has 142 valence electrons. The van der Waals surface area contributed by atoms with Crippen molar-refractivity contribution in [2.75, 3.05) is 38.2 Å². The van der Waals surface area contributed by atoms with E-state index in [1.54, 1.807) is 42.2 Å². The van der Waals surface area contributed by atoms with Crippen molar-refractivity contribution >= 4 is 34.9 Å². The summed E-state index contributed by atoms with van der Waals surface area (Å²) in [6, 6.07) is 8.68. The maximum Gasteiger partial charge on any atom is 0.343 e. The van der Waals surface area contributed by atoms with Gasteiger partial charge in [0.05, 0.1) is 25.5 Å². The summed E-state index contributed by atoms with van der Waals surface area (Å²) in [5.41, 5.74) is 1.97. The number of benzene rings is 1. The molecule has 2 aromatic rings. The van der Waals surface area contributed by atoms with Crippen molar-refractivity contribution in [2.45, 2.75) is 6.92 Å². The summed E-state index contributed by atoms with van der Waals surface area (Å²) >= 11 is 6.07. The summed E-state index contributed by atoms with van der Waals surface area (Å²) in [4.78, 5) is 30.3. The van der Waals surface area contributed by atoms with Crippen LogP contribution >= 0.6 is 11.6 Å². The van der Waals surface area contributed by atoms with Gasteiger partial charge in [-0.15, -0.1) is 0 Å². The van der Waals surface area contributed by atoms with Crippen LogP contribution in [0.4, 0.5) is 11.4 Å². The van der Waals surface area contributed by atoms with E-state index in [9.17, 15) is 9.59 Å². The number of morpholine rings is 1. The quantitative estimate of drug-likeness (QED) is 0.625. The molecule has 2 heterocycles. The Morgan fingerprint density at radius 3 is 2.59 bits per heavy atom. The first-order valence-corrected chi connectivity index (χ1v) is 9.03. The fourth-order valence-corrected chi connectivity index (χ4v) is 2.97. The molecule has 1 aliphatic heterocycles. The molecule has 0 spiro atoms. The van der Waals surface area contributed by atoms with Crippen LogP contribution in [0.2, 0.25) is 5.15 Å². The van der Waals surface area contributed by atoms with Gasteiger partial charge < -0.3 is 19.7 Å². The average Bonchev–Trinajstić information content (AvgIpc) is 2.69. The minimum absolute atomic E-state index is 0.0241. The smallest absolute Gasteiger partial charge is 0.343 e. The van der Waals surface area contributed by atoms with Crippen LogP contribution in [0.15, 0.2) is 36.5 Å². The molecule has 1 fully saturated rings. The average molecular weight is 390 g/mol. The largest absolute Gasteiger partial charge is 0.462 e. The lowest BCUT2D eigenvalue weighted by atomic mass is 10.1. The van der Waals surface area contributed by atoms with E-state index in [2.05, 4.69) is 10.3 Å². The van der Waals surface area contributed by atoms with Gasteiger partial charge in [-0.05, 0) is 37.3 Å². The fourth-order valence-electron chi connectivity index (χ4n) is 2.74. The molecule has 0 saturated carbocycles. The van der Waals surface area contributed by atoms with E-state index in [1.807, 2.05) is 0 Å². The highest BCUT2D eigenvalue weighted by Crippen LogP contribution is 2.26. The molecule has 7 nitrogen and oxygen atoms in total. The third-order valence-electron chi connectivity index (χ3n) is 4.09. The molecular formula is C19H20ClN3O4. The molecule has 1 aromatic carbocycles. The second-order valence-electron chi connectivity index (χ2n) is 5.85. The predicted octanol–water partition coefficient (Wildman–Crippen LogP) is 3.13. The number of nitrogens with one attached hydrogen (secondary N) is 1. The summed E-state index contributed by atoms with van der Waals surface area (Å²) in [5.74, 6) is -0.568. The minimum atomic E-state index is -0.544. The van der Waals surface area contributed by atoms with Gasteiger partial charge in [-0.1, -0.05) is 11.6 Å². The van der Waals surface area contributed by atoms with Crippen LogP contribution in [-0.4, -0.2) is 54.7 Å². The van der Waals surface area contributed by atoms with E-state index < -0.39 is 5.97 Å². The standard InChI is InChI=1S/C19H20ClN3O4/c1-2-27-19(25)16-15(7-8-21-17(16)20)22-14-5-3-13(4-6-14)18(24)23-9-11-26-12-10-23/h3-8H,2,9-12H2,1H3,(H,21,22). The number of carbonyl (C=O) groups is 2. The Kier molecular flexibility index (Phi) is 6.26. The zero-order valence-corrected chi connectivity index (χ0v) is 15.7. The van der Waals surface area contributed by atoms with Gasteiger partial charge in [-0.25, -0.2) is 9.78 Å². The van der Waals surface area contributed by atoms with Crippen LogP contribution < -0.4 is 5.32 Å². The van der Waals surface area contributed by atoms with Crippen LogP contribution in [0.3, 0.4) is 0 Å². The number of esters is 1. The van der Waals surface area contributed by atoms with Crippen molar-refractivity contribution in [1.29, 1.82) is 0 Å². The van der Waals surface area contributed by atoms with Crippen LogP contribution in [0, 0.1) is 0 Å². The third kappa shape index (κ3) is 4.56. The highest BCUT2D eigenvalue weighted by atomic mass is 35.5. The zero-order chi connectivity index (χ0) is 19.2. The molecule has 1 saturated heterocycles. The van der Waals surface area contributed by atoms with Gasteiger partial charge in [0, 0.05) is 30.5 Å². The second kappa shape index (κ2) is 8.83. The summed E-state index contributed by atoms with van der Waals surface area (Å²) in [5, 5.41) is 3.20. The highest BCUT2D eigenvalue weighted by molar-refractivity contribution is 6.33. The van der Waals surface area contributed by atoms with E-state index >= 15 is 0 Å². The molecule has 0 radical (unpaired) electrons. The summed E-state index contributed by atoms with van der Waals surface area (Å²) < 4.78 is 10.3. The monoisotopic (exact) mass is 389 g/mol. The second-order valence-corrected chi connectivity index (χ2v) is 6.21. The summed E-state index contributed by atoms with van der Waals surface area (Å²) in [6.45, 7) is 4.27. The number of carbonyl (C=O) groups excluding carboxylic acids is 2. The molecule has 27 heavy (non-hydrogen) atoms. The molecule has 8 heteroatoms. The van der Waals surface area contributed by atoms with Crippen molar-refractivity contribution in [1.82, 2.24) is 9.88 Å². The van der Waals surface area contributed by atoms with Gasteiger partial charge in [0.2, 0.25) is 0 Å². The van der Waals surface area contributed by atoms with Crippen LogP contribution in [0.5, 0.6) is 0 Å². The first-order chi connectivity index (χ1) is 13.1. The van der Waals surface area contributed by atoms with Crippen LogP contribution in [0.1, 0.15) is 27.6 Å².